The Morgan fingerprint density at radius 3 is 3.22 bits per heavy atom. The first-order valence-electron chi connectivity index (χ1n) is 6.32. The summed E-state index contributed by atoms with van der Waals surface area (Å²) in [4.78, 5) is 5.59. The highest BCUT2D eigenvalue weighted by Crippen LogP contribution is 2.14. The van der Waals surface area contributed by atoms with Gasteiger partial charge in [-0.2, -0.15) is 0 Å². The van der Waals surface area contributed by atoms with Gasteiger partial charge in [-0.15, -0.1) is 15.0 Å². The van der Waals surface area contributed by atoms with Crippen LogP contribution in [0.25, 0.3) is 5.69 Å². The van der Waals surface area contributed by atoms with Gasteiger partial charge in [-0.05, 0) is 49.2 Å². The molecular formula is C12H16N6. The minimum Gasteiger partial charge on any atom is -0.316 e. The fraction of sp³-hybridized carbons (Fsp3) is 0.500. The number of hydrogen-bond acceptors (Lipinski definition) is 5. The summed E-state index contributed by atoms with van der Waals surface area (Å²) >= 11 is 0. The van der Waals surface area contributed by atoms with Gasteiger partial charge in [0.05, 0.1) is 6.20 Å². The fourth-order valence-corrected chi connectivity index (χ4v) is 2.26. The highest BCUT2D eigenvalue weighted by atomic mass is 15.6. The predicted molar refractivity (Wildman–Crippen MR) is 66.2 cm³/mol. The van der Waals surface area contributed by atoms with Gasteiger partial charge in [0.25, 0.3) is 0 Å². The van der Waals surface area contributed by atoms with Crippen LogP contribution in [0.1, 0.15) is 18.7 Å². The molecule has 3 heterocycles. The van der Waals surface area contributed by atoms with Crippen molar-refractivity contribution in [3.63, 3.8) is 0 Å². The number of rotatable bonds is 3. The summed E-state index contributed by atoms with van der Waals surface area (Å²) in [5.41, 5.74) is 0.845. The first kappa shape index (κ1) is 11.3. The Balaban J connectivity index is 1.69. The highest BCUT2D eigenvalue weighted by molar-refractivity contribution is 5.23. The predicted octanol–water partition coefficient (Wildman–Crippen LogP) is 0.599. The summed E-state index contributed by atoms with van der Waals surface area (Å²) in [6, 6.07) is 3.78. The van der Waals surface area contributed by atoms with Crippen molar-refractivity contribution in [3.05, 3.63) is 30.4 Å². The Bertz CT molecular complexity index is 488. The standard InChI is InChI=1S/C12H16N6/c1-3-10(8-13-5-1)7-12-15-17-18(16-12)11-4-2-6-14-9-11/h2,4,6,9-10,13H,1,3,5,7-8H2. The Labute approximate surface area is 105 Å². The summed E-state index contributed by atoms with van der Waals surface area (Å²) in [5.74, 6) is 1.44. The SMILES string of the molecule is c1cncc(-n2nnc(CC3CCCNC3)n2)c1. The zero-order valence-electron chi connectivity index (χ0n) is 10.2. The quantitative estimate of drug-likeness (QED) is 0.856. The highest BCUT2D eigenvalue weighted by Gasteiger charge is 2.16. The molecule has 0 radical (unpaired) electrons. The van der Waals surface area contributed by atoms with E-state index < -0.39 is 0 Å². The van der Waals surface area contributed by atoms with Crippen molar-refractivity contribution in [3.8, 4) is 5.69 Å². The van der Waals surface area contributed by atoms with Gasteiger partial charge in [-0.1, -0.05) is 0 Å². The minimum absolute atomic E-state index is 0.630. The number of tetrazole rings is 1. The van der Waals surface area contributed by atoms with Crippen LogP contribution in [-0.2, 0) is 6.42 Å². The lowest BCUT2D eigenvalue weighted by Gasteiger charge is -2.20. The number of aromatic nitrogens is 5. The Kier molecular flexibility index (Phi) is 3.27. The zero-order chi connectivity index (χ0) is 12.2. The molecule has 2 aromatic rings. The molecule has 1 fully saturated rings. The van der Waals surface area contributed by atoms with Crippen molar-refractivity contribution in [2.45, 2.75) is 19.3 Å². The van der Waals surface area contributed by atoms with Crippen molar-refractivity contribution in [2.75, 3.05) is 13.1 Å². The molecule has 0 saturated carbocycles. The maximum Gasteiger partial charge on any atom is 0.175 e. The van der Waals surface area contributed by atoms with Gasteiger partial charge in [0.15, 0.2) is 5.82 Å². The lowest BCUT2D eigenvalue weighted by atomic mass is 9.96. The van der Waals surface area contributed by atoms with Crippen molar-refractivity contribution in [2.24, 2.45) is 5.92 Å². The van der Waals surface area contributed by atoms with Gasteiger partial charge in [-0.25, -0.2) is 0 Å². The molecule has 1 atom stereocenters. The number of nitrogens with zero attached hydrogens (tertiary/aromatic N) is 5. The number of pyridine rings is 1. The van der Waals surface area contributed by atoms with E-state index in [1.807, 2.05) is 12.1 Å². The molecule has 1 aliphatic rings. The average Bonchev–Trinajstić information content (AvgIpc) is 2.89. The molecule has 1 saturated heterocycles. The van der Waals surface area contributed by atoms with E-state index in [2.05, 4.69) is 25.7 Å². The summed E-state index contributed by atoms with van der Waals surface area (Å²) in [7, 11) is 0. The van der Waals surface area contributed by atoms with Crippen molar-refractivity contribution < 1.29 is 0 Å². The van der Waals surface area contributed by atoms with Crippen LogP contribution in [0.5, 0.6) is 0 Å². The maximum absolute atomic E-state index is 4.40. The van der Waals surface area contributed by atoms with Crippen LogP contribution in [0, 0.1) is 5.92 Å². The van der Waals surface area contributed by atoms with Crippen molar-refractivity contribution in [1.82, 2.24) is 30.5 Å². The number of piperidine rings is 1. The largest absolute Gasteiger partial charge is 0.316 e. The van der Waals surface area contributed by atoms with Crippen LogP contribution in [0.2, 0.25) is 0 Å². The lowest BCUT2D eigenvalue weighted by molar-refractivity contribution is 0.370. The monoisotopic (exact) mass is 244 g/mol. The molecule has 0 aliphatic carbocycles. The molecule has 0 spiro atoms. The number of hydrogen-bond donors (Lipinski definition) is 1. The third-order valence-electron chi connectivity index (χ3n) is 3.20. The second-order valence-corrected chi connectivity index (χ2v) is 4.62. The van der Waals surface area contributed by atoms with Crippen LogP contribution >= 0.6 is 0 Å². The Morgan fingerprint density at radius 1 is 1.44 bits per heavy atom. The second kappa shape index (κ2) is 5.22. The Morgan fingerprint density at radius 2 is 2.44 bits per heavy atom. The first-order valence-corrected chi connectivity index (χ1v) is 6.32. The van der Waals surface area contributed by atoms with E-state index in [9.17, 15) is 0 Å². The molecular weight excluding hydrogens is 228 g/mol. The van der Waals surface area contributed by atoms with Crippen LogP contribution in [0.4, 0.5) is 0 Å². The molecule has 6 heteroatoms. The normalized spacial score (nSPS) is 19.9. The molecule has 0 bridgehead atoms. The Hall–Kier alpha value is -1.82. The van der Waals surface area contributed by atoms with Gasteiger partial charge >= 0.3 is 0 Å². The number of nitrogens with one attached hydrogen (secondary N) is 1. The van der Waals surface area contributed by atoms with E-state index in [0.29, 0.717) is 5.92 Å². The molecule has 3 rings (SSSR count). The summed E-state index contributed by atoms with van der Waals surface area (Å²) in [6.45, 7) is 2.19. The van der Waals surface area contributed by atoms with E-state index in [1.165, 1.54) is 12.8 Å². The third-order valence-corrected chi connectivity index (χ3v) is 3.20. The molecule has 6 nitrogen and oxygen atoms in total. The molecule has 1 N–H and O–H groups in total. The van der Waals surface area contributed by atoms with E-state index >= 15 is 0 Å². The van der Waals surface area contributed by atoms with Crippen LogP contribution in [-0.4, -0.2) is 38.3 Å². The summed E-state index contributed by atoms with van der Waals surface area (Å²) in [5, 5.41) is 16.0. The van der Waals surface area contributed by atoms with Gasteiger partial charge in [0.2, 0.25) is 0 Å². The molecule has 1 aliphatic heterocycles. The molecule has 0 aromatic carbocycles. The van der Waals surface area contributed by atoms with Crippen LogP contribution in [0.3, 0.4) is 0 Å². The van der Waals surface area contributed by atoms with E-state index in [4.69, 9.17) is 0 Å². The zero-order valence-corrected chi connectivity index (χ0v) is 10.2. The average molecular weight is 244 g/mol. The van der Waals surface area contributed by atoms with Gasteiger partial charge in [0, 0.05) is 12.6 Å². The van der Waals surface area contributed by atoms with Gasteiger partial charge in [0.1, 0.15) is 5.69 Å². The van der Waals surface area contributed by atoms with E-state index in [1.54, 1.807) is 17.2 Å². The van der Waals surface area contributed by atoms with Gasteiger partial charge in [-0.3, -0.25) is 4.98 Å². The van der Waals surface area contributed by atoms with Crippen LogP contribution in [0.15, 0.2) is 24.5 Å². The van der Waals surface area contributed by atoms with E-state index in [0.717, 1.165) is 31.0 Å². The molecule has 0 amide bonds. The molecule has 2 aromatic heterocycles. The van der Waals surface area contributed by atoms with Crippen LogP contribution < -0.4 is 5.32 Å². The summed E-state index contributed by atoms with van der Waals surface area (Å²) in [6.07, 6.45) is 6.84. The fourth-order valence-electron chi connectivity index (χ4n) is 2.26. The topological polar surface area (TPSA) is 68.5 Å². The van der Waals surface area contributed by atoms with Crippen molar-refractivity contribution >= 4 is 0 Å². The lowest BCUT2D eigenvalue weighted by Crippen LogP contribution is -2.31. The minimum atomic E-state index is 0.630. The third kappa shape index (κ3) is 2.53. The van der Waals surface area contributed by atoms with Crippen molar-refractivity contribution in [1.29, 1.82) is 0 Å². The maximum atomic E-state index is 4.40. The molecule has 94 valence electrons. The van der Waals surface area contributed by atoms with Gasteiger partial charge < -0.3 is 5.32 Å². The second-order valence-electron chi connectivity index (χ2n) is 4.62. The molecule has 18 heavy (non-hydrogen) atoms. The smallest absolute Gasteiger partial charge is 0.175 e. The molecule has 1 unspecified atom stereocenters. The summed E-state index contributed by atoms with van der Waals surface area (Å²) < 4.78 is 0. The van der Waals surface area contributed by atoms with E-state index in [-0.39, 0.29) is 0 Å². The first-order chi connectivity index (χ1) is 8.92.